The third-order valence-corrected chi connectivity index (χ3v) is 6.37. The molecule has 3 N–H and O–H groups in total. The van der Waals surface area contributed by atoms with E-state index in [4.69, 9.17) is 21.5 Å². The molecule has 1 saturated heterocycles. The van der Waals surface area contributed by atoms with E-state index in [2.05, 4.69) is 24.3 Å². The van der Waals surface area contributed by atoms with Crippen molar-refractivity contribution in [1.29, 1.82) is 0 Å². The minimum Gasteiger partial charge on any atom is -0.475 e. The number of hydrogen-bond acceptors (Lipinski definition) is 8. The van der Waals surface area contributed by atoms with Gasteiger partial charge in [-0.2, -0.15) is 17.5 Å². The van der Waals surface area contributed by atoms with Gasteiger partial charge in [-0.3, -0.25) is 4.72 Å². The van der Waals surface area contributed by atoms with Crippen LogP contribution in [0.3, 0.4) is 0 Å². The second-order valence-electron chi connectivity index (χ2n) is 6.03. The van der Waals surface area contributed by atoms with Crippen LogP contribution in [0.1, 0.15) is 6.42 Å². The molecule has 1 aromatic carbocycles. The quantitative estimate of drug-likeness (QED) is 0.587. The van der Waals surface area contributed by atoms with Gasteiger partial charge < -0.3 is 15.3 Å². The Morgan fingerprint density at radius 1 is 1.43 bits per heavy atom. The number of carbonyl (C=O) groups is 1. The summed E-state index contributed by atoms with van der Waals surface area (Å²) in [4.78, 5) is 14.9. The molecule has 0 aliphatic carbocycles. The van der Waals surface area contributed by atoms with Crippen molar-refractivity contribution in [3.63, 3.8) is 0 Å². The normalized spacial score (nSPS) is 16.5. The second kappa shape index (κ2) is 9.76. The van der Waals surface area contributed by atoms with Crippen LogP contribution in [-0.2, 0) is 14.8 Å². The van der Waals surface area contributed by atoms with Crippen molar-refractivity contribution in [3.8, 4) is 0 Å². The van der Waals surface area contributed by atoms with Crippen LogP contribution in [0, 0.1) is 0 Å². The van der Waals surface area contributed by atoms with E-state index in [1.165, 1.54) is 12.4 Å². The highest BCUT2D eigenvalue weighted by Crippen LogP contribution is 2.30. The molecule has 1 fully saturated rings. The first-order chi connectivity index (χ1) is 13.9. The molecule has 2 aromatic rings. The lowest BCUT2D eigenvalue weighted by Gasteiger charge is -2.27. The molecule has 30 heavy (non-hydrogen) atoms. The lowest BCUT2D eigenvalue weighted by molar-refractivity contribution is -0.192. The molecule has 9 nitrogen and oxygen atoms in total. The number of carboxylic acids is 1. The van der Waals surface area contributed by atoms with Crippen LogP contribution in [0.15, 0.2) is 29.4 Å². The van der Waals surface area contributed by atoms with Crippen molar-refractivity contribution in [3.05, 3.63) is 29.5 Å². The third-order valence-electron chi connectivity index (χ3n) is 4.02. The maximum absolute atomic E-state index is 12.3. The number of nitrogens with one attached hydrogen (secondary N) is 2. The van der Waals surface area contributed by atoms with Crippen LogP contribution in [-0.4, -0.2) is 61.2 Å². The second-order valence-corrected chi connectivity index (χ2v) is 8.90. The first-order valence-electron chi connectivity index (χ1n) is 8.24. The monoisotopic (exact) mass is 487 g/mol. The van der Waals surface area contributed by atoms with E-state index in [-0.39, 0.29) is 10.0 Å². The van der Waals surface area contributed by atoms with E-state index in [1.54, 1.807) is 12.1 Å². The molecule has 1 aliphatic heterocycles. The smallest absolute Gasteiger partial charge is 0.475 e. The van der Waals surface area contributed by atoms with Gasteiger partial charge in [0.15, 0.2) is 0 Å². The predicted octanol–water partition coefficient (Wildman–Crippen LogP) is 2.42. The Kier molecular flexibility index (Phi) is 7.85. The largest absolute Gasteiger partial charge is 0.490 e. The summed E-state index contributed by atoms with van der Waals surface area (Å²) < 4.78 is 62.5. The lowest BCUT2D eigenvalue weighted by atomic mass is 10.2. The van der Waals surface area contributed by atoms with E-state index in [0.29, 0.717) is 11.1 Å². The van der Waals surface area contributed by atoms with Gasteiger partial charge in [0.05, 0.1) is 15.6 Å². The van der Waals surface area contributed by atoms with E-state index >= 15 is 0 Å². The fourth-order valence-corrected chi connectivity index (χ4v) is 4.57. The molecule has 0 amide bonds. The van der Waals surface area contributed by atoms with Crippen molar-refractivity contribution >= 4 is 49.9 Å². The van der Waals surface area contributed by atoms with E-state index in [9.17, 15) is 21.6 Å². The van der Waals surface area contributed by atoms with Crippen molar-refractivity contribution in [2.24, 2.45) is 0 Å². The number of aromatic nitrogens is 2. The molecule has 166 valence electrons. The van der Waals surface area contributed by atoms with Gasteiger partial charge in [0.1, 0.15) is 6.33 Å². The van der Waals surface area contributed by atoms with Crippen LogP contribution >= 0.6 is 23.1 Å². The standard InChI is InChI=1S/C13H16ClN5O2S2.C2HF3O2/c1-19(9-4-5-15-7-9)12-3-2-10(6-11(12)14)23(20,21)18-13-16-8-17-22-13;3-2(4,5)1(6)7/h2-3,6,8-9,15H,4-5,7H2,1H3,(H,16,17,18);(H,6,7)/t9-;/m0./s1. The number of nitrogens with zero attached hydrogens (tertiary/aromatic N) is 3. The van der Waals surface area contributed by atoms with Crippen molar-refractivity contribution in [2.45, 2.75) is 23.5 Å². The van der Waals surface area contributed by atoms with Crippen LogP contribution in [0.4, 0.5) is 24.0 Å². The summed E-state index contributed by atoms with van der Waals surface area (Å²) in [5.41, 5.74) is 0.815. The number of carboxylic acid groups (broad SMARTS) is 1. The molecule has 2 heterocycles. The number of halogens is 4. The van der Waals surface area contributed by atoms with E-state index < -0.39 is 22.2 Å². The number of anilines is 2. The fraction of sp³-hybridized carbons (Fsp3) is 0.400. The van der Waals surface area contributed by atoms with E-state index in [1.807, 2.05) is 7.05 Å². The molecule has 1 aliphatic rings. The highest BCUT2D eigenvalue weighted by atomic mass is 35.5. The van der Waals surface area contributed by atoms with E-state index in [0.717, 1.165) is 36.7 Å². The van der Waals surface area contributed by atoms with Gasteiger partial charge in [-0.05, 0) is 31.2 Å². The van der Waals surface area contributed by atoms with Gasteiger partial charge in [0, 0.05) is 31.2 Å². The Hall–Kier alpha value is -2.16. The topological polar surface area (TPSA) is 125 Å². The minimum absolute atomic E-state index is 0.0967. The van der Waals surface area contributed by atoms with Crippen LogP contribution in [0.25, 0.3) is 0 Å². The Bertz CT molecular complexity index is 967. The Morgan fingerprint density at radius 3 is 2.57 bits per heavy atom. The summed E-state index contributed by atoms with van der Waals surface area (Å²) >= 11 is 7.28. The molecule has 0 unspecified atom stereocenters. The fourth-order valence-electron chi connectivity index (χ4n) is 2.50. The summed E-state index contributed by atoms with van der Waals surface area (Å²) in [5.74, 6) is -2.76. The number of likely N-dealkylation sites (N-methyl/N-ethyl adjacent to an activating group) is 1. The van der Waals surface area contributed by atoms with Gasteiger partial charge in [0.2, 0.25) is 5.13 Å². The molecular formula is C15H17ClF3N5O4S2. The van der Waals surface area contributed by atoms with Crippen LogP contribution in [0.5, 0.6) is 0 Å². The SMILES string of the molecule is CN(c1ccc(S(=O)(=O)Nc2ncns2)cc1Cl)[C@H]1CCNC1.O=C(O)C(F)(F)F. The molecule has 1 aromatic heterocycles. The number of sulfonamides is 1. The summed E-state index contributed by atoms with van der Waals surface area (Å²) in [6, 6.07) is 5.09. The van der Waals surface area contributed by atoms with Gasteiger partial charge >= 0.3 is 12.1 Å². The van der Waals surface area contributed by atoms with Gasteiger partial charge in [-0.1, -0.05) is 11.6 Å². The van der Waals surface area contributed by atoms with Crippen molar-refractivity contribution < 1.29 is 31.5 Å². The molecule has 1 atom stereocenters. The molecule has 15 heteroatoms. The highest BCUT2D eigenvalue weighted by molar-refractivity contribution is 7.93. The van der Waals surface area contributed by atoms with Crippen molar-refractivity contribution in [1.82, 2.24) is 14.7 Å². The molecule has 0 spiro atoms. The number of rotatable bonds is 5. The summed E-state index contributed by atoms with van der Waals surface area (Å²) in [6.07, 6.45) is -2.76. The summed E-state index contributed by atoms with van der Waals surface area (Å²) in [5, 5.41) is 11.0. The number of hydrogen-bond donors (Lipinski definition) is 3. The Balaban J connectivity index is 0.000000396. The predicted molar refractivity (Wildman–Crippen MR) is 106 cm³/mol. The summed E-state index contributed by atoms with van der Waals surface area (Å²) in [7, 11) is -1.76. The molecular weight excluding hydrogens is 471 g/mol. The zero-order chi connectivity index (χ0) is 22.5. The minimum atomic E-state index is -5.08. The van der Waals surface area contributed by atoms with Crippen LogP contribution < -0.4 is 14.9 Å². The Morgan fingerprint density at radius 2 is 2.10 bits per heavy atom. The van der Waals surface area contributed by atoms with Gasteiger partial charge in [0.25, 0.3) is 10.0 Å². The first kappa shape index (κ1) is 24.1. The maximum atomic E-state index is 12.3. The maximum Gasteiger partial charge on any atom is 0.490 e. The number of alkyl halides is 3. The number of benzene rings is 1. The average Bonchev–Trinajstić information content (AvgIpc) is 3.34. The zero-order valence-corrected chi connectivity index (χ0v) is 17.7. The lowest BCUT2D eigenvalue weighted by Crippen LogP contribution is -2.33. The van der Waals surface area contributed by atoms with Crippen LogP contribution in [0.2, 0.25) is 5.02 Å². The number of aliphatic carboxylic acids is 1. The van der Waals surface area contributed by atoms with Crippen molar-refractivity contribution in [2.75, 3.05) is 29.8 Å². The van der Waals surface area contributed by atoms with Gasteiger partial charge in [-0.15, -0.1) is 0 Å². The molecule has 0 radical (unpaired) electrons. The third kappa shape index (κ3) is 6.42. The molecule has 0 bridgehead atoms. The highest BCUT2D eigenvalue weighted by Gasteiger charge is 2.38. The van der Waals surface area contributed by atoms with Gasteiger partial charge in [-0.25, -0.2) is 18.2 Å². The molecule has 0 saturated carbocycles. The zero-order valence-electron chi connectivity index (χ0n) is 15.4. The average molecular weight is 488 g/mol. The summed E-state index contributed by atoms with van der Waals surface area (Å²) in [6.45, 7) is 1.87. The molecule has 3 rings (SSSR count). The Labute approximate surface area is 179 Å². The first-order valence-corrected chi connectivity index (χ1v) is 10.9.